The van der Waals surface area contributed by atoms with Gasteiger partial charge >= 0.3 is 5.69 Å². The third-order valence-electron chi connectivity index (χ3n) is 5.01. The summed E-state index contributed by atoms with van der Waals surface area (Å²) < 4.78 is 2.27. The van der Waals surface area contributed by atoms with Crippen LogP contribution in [0.3, 0.4) is 0 Å². The molecule has 28 heavy (non-hydrogen) atoms. The van der Waals surface area contributed by atoms with Crippen LogP contribution in [0.25, 0.3) is 22.6 Å². The number of benzene rings is 1. The average Bonchev–Trinajstić information content (AvgIpc) is 3.30. The van der Waals surface area contributed by atoms with Crippen LogP contribution in [0.15, 0.2) is 47.4 Å². The van der Waals surface area contributed by atoms with Gasteiger partial charge in [0.05, 0.1) is 5.52 Å². The average molecular weight is 374 g/mol. The van der Waals surface area contributed by atoms with Crippen LogP contribution in [0.5, 0.6) is 0 Å². The maximum atomic E-state index is 12.5. The first kappa shape index (κ1) is 16.5. The normalized spacial score (nSPS) is 13.4. The van der Waals surface area contributed by atoms with Gasteiger partial charge in [-0.15, -0.1) is 0 Å². The molecule has 4 aromatic rings. The maximum Gasteiger partial charge on any atom is 0.325 e. The van der Waals surface area contributed by atoms with E-state index in [4.69, 9.17) is 0 Å². The van der Waals surface area contributed by atoms with Crippen LogP contribution >= 0.6 is 0 Å². The molecule has 1 amide bonds. The summed E-state index contributed by atoms with van der Waals surface area (Å²) in [6.07, 6.45) is 5.42. The Bertz CT molecular complexity index is 1230. The number of pyridine rings is 1. The molecule has 0 bridgehead atoms. The number of aromatic nitrogens is 5. The van der Waals surface area contributed by atoms with E-state index in [9.17, 15) is 9.59 Å². The van der Waals surface area contributed by atoms with Gasteiger partial charge in [-0.1, -0.05) is 0 Å². The monoisotopic (exact) mass is 374 g/mol. The number of hydrogen-bond donors (Lipinski definition) is 3. The number of fused-ring (bicyclic) bond motifs is 2. The van der Waals surface area contributed by atoms with Crippen molar-refractivity contribution in [1.82, 2.24) is 24.5 Å². The molecule has 8 heteroatoms. The number of rotatable bonds is 3. The number of H-pyrrole nitrogens is 2. The fourth-order valence-corrected chi connectivity index (χ4v) is 3.61. The minimum atomic E-state index is -0.350. The molecule has 8 nitrogen and oxygen atoms in total. The first-order valence-corrected chi connectivity index (χ1v) is 9.22. The zero-order valence-electron chi connectivity index (χ0n) is 15.0. The molecule has 3 N–H and O–H groups in total. The number of anilines is 1. The largest absolute Gasteiger partial charge is 0.328 e. The second-order valence-electron chi connectivity index (χ2n) is 6.89. The first-order chi connectivity index (χ1) is 13.7. The van der Waals surface area contributed by atoms with Gasteiger partial charge in [-0.25, -0.2) is 14.8 Å². The zero-order chi connectivity index (χ0) is 19.1. The van der Waals surface area contributed by atoms with E-state index >= 15 is 0 Å². The van der Waals surface area contributed by atoms with Crippen molar-refractivity contribution in [3.8, 4) is 11.4 Å². The van der Waals surface area contributed by atoms with Crippen LogP contribution < -0.4 is 11.0 Å². The molecule has 0 fully saturated rings. The summed E-state index contributed by atoms with van der Waals surface area (Å²) >= 11 is 0. The van der Waals surface area contributed by atoms with Crippen molar-refractivity contribution in [1.29, 1.82) is 0 Å². The number of nitrogens with zero attached hydrogens (tertiary/aromatic N) is 3. The molecule has 0 atom stereocenters. The summed E-state index contributed by atoms with van der Waals surface area (Å²) in [6.45, 7) is 0.999. The van der Waals surface area contributed by atoms with Crippen LogP contribution in [0.2, 0.25) is 0 Å². The second kappa shape index (κ2) is 6.49. The van der Waals surface area contributed by atoms with Crippen molar-refractivity contribution in [2.45, 2.75) is 25.8 Å². The Kier molecular flexibility index (Phi) is 3.82. The van der Waals surface area contributed by atoms with Gasteiger partial charge < -0.3 is 14.9 Å². The van der Waals surface area contributed by atoms with E-state index < -0.39 is 0 Å². The predicted molar refractivity (Wildman–Crippen MR) is 105 cm³/mol. The zero-order valence-corrected chi connectivity index (χ0v) is 15.0. The Hall–Kier alpha value is -3.68. The first-order valence-electron chi connectivity index (χ1n) is 9.22. The molecular formula is C20H18N6O2. The van der Waals surface area contributed by atoms with Gasteiger partial charge in [0.15, 0.2) is 5.65 Å². The van der Waals surface area contributed by atoms with Crippen LogP contribution in [0, 0.1) is 0 Å². The Labute approximate surface area is 159 Å². The highest BCUT2D eigenvalue weighted by atomic mass is 16.2. The smallest absolute Gasteiger partial charge is 0.325 e. The maximum absolute atomic E-state index is 12.5. The number of hydrogen-bond acceptors (Lipinski definition) is 4. The van der Waals surface area contributed by atoms with E-state index in [1.165, 1.54) is 18.5 Å². The minimum Gasteiger partial charge on any atom is -0.328 e. The molecule has 1 aromatic carbocycles. The van der Waals surface area contributed by atoms with E-state index in [-0.39, 0.29) is 17.3 Å². The molecule has 0 saturated heterocycles. The van der Waals surface area contributed by atoms with E-state index in [1.807, 2.05) is 30.5 Å². The summed E-state index contributed by atoms with van der Waals surface area (Å²) in [5.74, 6) is 0.631. The van der Waals surface area contributed by atoms with Crippen LogP contribution in [-0.4, -0.2) is 30.4 Å². The highest BCUT2D eigenvalue weighted by Crippen LogP contribution is 2.25. The predicted octanol–water partition coefficient (Wildman–Crippen LogP) is 2.70. The molecule has 1 aliphatic rings. The number of carbonyl (C=O) groups excluding carboxylic acids is 1. The second-order valence-corrected chi connectivity index (χ2v) is 6.89. The quantitative estimate of drug-likeness (QED) is 0.512. The van der Waals surface area contributed by atoms with Gasteiger partial charge in [0, 0.05) is 29.7 Å². The number of nitrogens with one attached hydrogen (secondary N) is 3. The van der Waals surface area contributed by atoms with E-state index in [2.05, 4.69) is 29.8 Å². The number of carbonyl (C=O) groups is 1. The van der Waals surface area contributed by atoms with E-state index in [0.717, 1.165) is 24.4 Å². The van der Waals surface area contributed by atoms with Crippen molar-refractivity contribution < 1.29 is 4.79 Å². The van der Waals surface area contributed by atoms with Crippen molar-refractivity contribution >= 4 is 22.8 Å². The highest BCUT2D eigenvalue weighted by molar-refractivity contribution is 6.03. The van der Waals surface area contributed by atoms with Crippen LogP contribution in [0.1, 0.15) is 29.0 Å². The number of amides is 1. The molecule has 0 aliphatic carbocycles. The Morgan fingerprint density at radius 2 is 1.93 bits per heavy atom. The molecule has 0 saturated carbocycles. The summed E-state index contributed by atoms with van der Waals surface area (Å²) in [5.41, 5.74) is 3.78. The van der Waals surface area contributed by atoms with Crippen LogP contribution in [-0.2, 0) is 13.0 Å². The third kappa shape index (κ3) is 2.88. The fourth-order valence-electron chi connectivity index (χ4n) is 3.61. The molecule has 4 heterocycles. The standard InChI is InChI=1S/C20H18N6O2/c27-19(16-9-8-15-17(23-16)25-20(28)24-15)22-13-6-4-12(5-7-13)18-21-11-14-3-1-2-10-26(14)18/h4-9,11H,1-3,10H2,(H,22,27)(H2,23,24,25,28). The lowest BCUT2D eigenvalue weighted by molar-refractivity contribution is 0.102. The van der Waals surface area contributed by atoms with E-state index in [0.29, 0.717) is 16.9 Å². The van der Waals surface area contributed by atoms with Gasteiger partial charge in [0.1, 0.15) is 11.5 Å². The topological polar surface area (TPSA) is 108 Å². The summed E-state index contributed by atoms with van der Waals surface area (Å²) in [5, 5.41) is 2.83. The van der Waals surface area contributed by atoms with Crippen molar-refractivity contribution in [2.75, 3.05) is 5.32 Å². The number of imidazole rings is 2. The molecule has 1 aliphatic heterocycles. The Morgan fingerprint density at radius 1 is 1.07 bits per heavy atom. The van der Waals surface area contributed by atoms with Crippen molar-refractivity contribution in [2.24, 2.45) is 0 Å². The number of aryl methyl sites for hydroxylation is 1. The lowest BCUT2D eigenvalue weighted by Gasteiger charge is -2.16. The van der Waals surface area contributed by atoms with Gasteiger partial charge in [-0.2, -0.15) is 0 Å². The summed E-state index contributed by atoms with van der Waals surface area (Å²) in [4.78, 5) is 37.7. The van der Waals surface area contributed by atoms with Gasteiger partial charge in [-0.3, -0.25) is 9.78 Å². The molecule has 3 aromatic heterocycles. The molecule has 0 unspecified atom stereocenters. The lowest BCUT2D eigenvalue weighted by atomic mass is 10.1. The molecular weight excluding hydrogens is 356 g/mol. The highest BCUT2D eigenvalue weighted by Gasteiger charge is 2.15. The third-order valence-corrected chi connectivity index (χ3v) is 5.01. The van der Waals surface area contributed by atoms with Gasteiger partial charge in [0.25, 0.3) is 5.91 Å². The Balaban J connectivity index is 1.36. The van der Waals surface area contributed by atoms with Crippen molar-refractivity contribution in [3.05, 3.63) is 64.5 Å². The minimum absolute atomic E-state index is 0.231. The van der Waals surface area contributed by atoms with Gasteiger partial charge in [-0.05, 0) is 55.7 Å². The summed E-state index contributed by atoms with van der Waals surface area (Å²) in [7, 11) is 0. The summed E-state index contributed by atoms with van der Waals surface area (Å²) in [6, 6.07) is 10.9. The SMILES string of the molecule is O=C(Nc1ccc(-c2ncc3n2CCCC3)cc1)c1ccc2[nH]c(=O)[nH]c2n1. The molecule has 0 radical (unpaired) electrons. The van der Waals surface area contributed by atoms with Crippen molar-refractivity contribution in [3.63, 3.8) is 0 Å². The molecule has 0 spiro atoms. The fraction of sp³-hybridized carbons (Fsp3) is 0.200. The van der Waals surface area contributed by atoms with E-state index in [1.54, 1.807) is 12.1 Å². The van der Waals surface area contributed by atoms with Crippen LogP contribution in [0.4, 0.5) is 5.69 Å². The lowest BCUT2D eigenvalue weighted by Crippen LogP contribution is -2.13. The van der Waals surface area contributed by atoms with Gasteiger partial charge in [0.2, 0.25) is 0 Å². The molecule has 5 rings (SSSR count). The number of aromatic amines is 2. The Morgan fingerprint density at radius 3 is 2.79 bits per heavy atom. The molecule has 140 valence electrons.